The summed E-state index contributed by atoms with van der Waals surface area (Å²) in [5.74, 6) is -2.51. The maximum absolute atomic E-state index is 10.5. The summed E-state index contributed by atoms with van der Waals surface area (Å²) in [4.78, 5) is 21.1. The van der Waals surface area contributed by atoms with Crippen molar-refractivity contribution in [2.24, 2.45) is 5.41 Å². The summed E-state index contributed by atoms with van der Waals surface area (Å²) in [6, 6.07) is 0. The fraction of sp³-hybridized carbons (Fsp3) is 0.714. The molecule has 0 amide bonds. The lowest BCUT2D eigenvalue weighted by atomic mass is 9.83. The molecular weight excluding hydrogens is 175 g/mol. The van der Waals surface area contributed by atoms with Crippen molar-refractivity contribution in [1.82, 2.24) is 0 Å². The van der Waals surface area contributed by atoms with Gasteiger partial charge in [-0.25, -0.2) is 0 Å². The molecule has 0 aromatic rings. The Hall–Kier alpha value is -0.528. The second-order valence-electron chi connectivity index (χ2n) is 2.40. The van der Waals surface area contributed by atoms with Crippen molar-refractivity contribution in [3.8, 4) is 0 Å². The SMILES string of the molecule is CCC(CC)(C(=O)O)C(=O)O.[AlH3]. The third-order valence-electron chi connectivity index (χ3n) is 2.03. The number of rotatable bonds is 4. The molecule has 0 spiro atoms. The smallest absolute Gasteiger partial charge is 0.321 e. The van der Waals surface area contributed by atoms with E-state index in [0.717, 1.165) is 0 Å². The first-order valence-electron chi connectivity index (χ1n) is 3.48. The number of hydrogen-bond donors (Lipinski definition) is 2. The first-order valence-corrected chi connectivity index (χ1v) is 3.48. The molecule has 0 aliphatic rings. The Bertz CT molecular complexity index is 158. The minimum atomic E-state index is -1.58. The molecule has 0 saturated carbocycles. The van der Waals surface area contributed by atoms with Crippen molar-refractivity contribution in [2.45, 2.75) is 26.7 Å². The molecule has 5 heteroatoms. The molecule has 12 heavy (non-hydrogen) atoms. The second-order valence-corrected chi connectivity index (χ2v) is 2.40. The lowest BCUT2D eigenvalue weighted by Gasteiger charge is -2.20. The van der Waals surface area contributed by atoms with Crippen LogP contribution in [-0.4, -0.2) is 39.5 Å². The maximum atomic E-state index is 10.5. The molecule has 0 fully saturated rings. The van der Waals surface area contributed by atoms with Crippen LogP contribution in [0.5, 0.6) is 0 Å². The van der Waals surface area contributed by atoms with Crippen LogP contribution >= 0.6 is 0 Å². The fourth-order valence-corrected chi connectivity index (χ4v) is 0.946. The molecular formula is C7H15AlO4. The highest BCUT2D eigenvalue weighted by Crippen LogP contribution is 2.26. The van der Waals surface area contributed by atoms with E-state index in [1.54, 1.807) is 13.8 Å². The van der Waals surface area contributed by atoms with Gasteiger partial charge >= 0.3 is 11.9 Å². The van der Waals surface area contributed by atoms with Crippen LogP contribution in [0.2, 0.25) is 0 Å². The summed E-state index contributed by atoms with van der Waals surface area (Å²) in [5, 5.41) is 17.2. The first kappa shape index (κ1) is 14.0. The summed E-state index contributed by atoms with van der Waals surface area (Å²) in [6.07, 6.45) is 0.238. The Morgan fingerprint density at radius 1 is 1.08 bits per heavy atom. The third kappa shape index (κ3) is 2.23. The van der Waals surface area contributed by atoms with Crippen molar-refractivity contribution < 1.29 is 19.8 Å². The van der Waals surface area contributed by atoms with Crippen LogP contribution in [0.25, 0.3) is 0 Å². The van der Waals surface area contributed by atoms with Crippen molar-refractivity contribution in [1.29, 1.82) is 0 Å². The van der Waals surface area contributed by atoms with Gasteiger partial charge in [0.2, 0.25) is 0 Å². The Labute approximate surface area is 81.7 Å². The van der Waals surface area contributed by atoms with Gasteiger partial charge in [-0.1, -0.05) is 13.8 Å². The average Bonchev–Trinajstić information content (AvgIpc) is 1.90. The van der Waals surface area contributed by atoms with Crippen molar-refractivity contribution in [2.75, 3.05) is 0 Å². The summed E-state index contributed by atoms with van der Waals surface area (Å²) in [6.45, 7) is 3.12. The third-order valence-corrected chi connectivity index (χ3v) is 2.03. The highest BCUT2D eigenvalue weighted by molar-refractivity contribution is 5.98. The first-order chi connectivity index (χ1) is 5.01. The zero-order valence-electron chi connectivity index (χ0n) is 6.63. The second kappa shape index (κ2) is 5.18. The van der Waals surface area contributed by atoms with E-state index in [1.807, 2.05) is 0 Å². The van der Waals surface area contributed by atoms with Gasteiger partial charge in [-0.3, -0.25) is 9.59 Å². The van der Waals surface area contributed by atoms with E-state index < -0.39 is 17.4 Å². The van der Waals surface area contributed by atoms with Crippen LogP contribution in [0, 0.1) is 5.41 Å². The lowest BCUT2D eigenvalue weighted by molar-refractivity contribution is -0.165. The molecule has 0 atom stereocenters. The normalized spacial score (nSPS) is 10.2. The summed E-state index contributed by atoms with van der Waals surface area (Å²) < 4.78 is 0. The van der Waals surface area contributed by atoms with E-state index in [1.165, 1.54) is 0 Å². The Balaban J connectivity index is 0. The van der Waals surface area contributed by atoms with Gasteiger partial charge in [0, 0.05) is 0 Å². The molecule has 70 valence electrons. The number of carboxylic acid groups (broad SMARTS) is 2. The quantitative estimate of drug-likeness (QED) is 0.474. The van der Waals surface area contributed by atoms with E-state index in [-0.39, 0.29) is 30.2 Å². The van der Waals surface area contributed by atoms with Crippen molar-refractivity contribution >= 4 is 29.3 Å². The zero-order valence-corrected chi connectivity index (χ0v) is 6.63. The van der Waals surface area contributed by atoms with E-state index in [4.69, 9.17) is 10.2 Å². The molecule has 0 aliphatic heterocycles. The van der Waals surface area contributed by atoms with Gasteiger partial charge < -0.3 is 10.2 Å². The topological polar surface area (TPSA) is 74.6 Å². The van der Waals surface area contributed by atoms with Crippen molar-refractivity contribution in [3.05, 3.63) is 0 Å². The van der Waals surface area contributed by atoms with Crippen LogP contribution in [0.15, 0.2) is 0 Å². The molecule has 2 N–H and O–H groups in total. The molecule has 0 radical (unpaired) electrons. The fourth-order valence-electron chi connectivity index (χ4n) is 0.946. The minimum absolute atomic E-state index is 0. The predicted octanol–water partition coefficient (Wildman–Crippen LogP) is -0.222. The molecule has 0 aromatic heterocycles. The highest BCUT2D eigenvalue weighted by atomic mass is 27.0. The molecule has 0 aromatic carbocycles. The van der Waals surface area contributed by atoms with Gasteiger partial charge in [-0.05, 0) is 12.8 Å². The Morgan fingerprint density at radius 3 is 1.33 bits per heavy atom. The molecule has 0 rings (SSSR count). The lowest BCUT2D eigenvalue weighted by Crippen LogP contribution is -2.38. The van der Waals surface area contributed by atoms with Crippen LogP contribution in [0.1, 0.15) is 26.7 Å². The number of hydrogen-bond acceptors (Lipinski definition) is 2. The van der Waals surface area contributed by atoms with E-state index in [9.17, 15) is 9.59 Å². The van der Waals surface area contributed by atoms with E-state index in [0.29, 0.717) is 0 Å². The van der Waals surface area contributed by atoms with E-state index in [2.05, 4.69) is 0 Å². The number of aliphatic carboxylic acids is 2. The highest BCUT2D eigenvalue weighted by Gasteiger charge is 2.42. The number of carboxylic acids is 2. The largest absolute Gasteiger partial charge is 0.480 e. The van der Waals surface area contributed by atoms with E-state index >= 15 is 0 Å². The van der Waals surface area contributed by atoms with Gasteiger partial charge in [-0.2, -0.15) is 0 Å². The van der Waals surface area contributed by atoms with Crippen LogP contribution in [0.4, 0.5) is 0 Å². The van der Waals surface area contributed by atoms with Crippen LogP contribution < -0.4 is 0 Å². The Kier molecular flexibility index (Phi) is 6.05. The maximum Gasteiger partial charge on any atom is 0.321 e. The van der Waals surface area contributed by atoms with Crippen molar-refractivity contribution in [3.63, 3.8) is 0 Å². The molecule has 0 saturated heterocycles. The molecule has 0 heterocycles. The standard InChI is InChI=1S/C7H12O4.Al.3H/c1-3-7(4-2,5(8)9)6(10)11;;;;/h3-4H2,1-2H3,(H,8,9)(H,10,11);;;;. The molecule has 0 aliphatic carbocycles. The predicted molar refractivity (Wildman–Crippen MR) is 48.2 cm³/mol. The van der Waals surface area contributed by atoms with Gasteiger partial charge in [0.15, 0.2) is 22.8 Å². The average molecular weight is 190 g/mol. The van der Waals surface area contributed by atoms with Gasteiger partial charge in [0.25, 0.3) is 0 Å². The summed E-state index contributed by atoms with van der Waals surface area (Å²) in [7, 11) is 0. The monoisotopic (exact) mass is 190 g/mol. The minimum Gasteiger partial charge on any atom is -0.480 e. The summed E-state index contributed by atoms with van der Waals surface area (Å²) >= 11 is 0. The number of carbonyl (C=O) groups is 2. The zero-order chi connectivity index (χ0) is 9.07. The molecule has 4 nitrogen and oxygen atoms in total. The van der Waals surface area contributed by atoms with Gasteiger partial charge in [0.1, 0.15) is 0 Å². The molecule has 0 bridgehead atoms. The van der Waals surface area contributed by atoms with Gasteiger partial charge in [-0.15, -0.1) is 0 Å². The molecule has 0 unspecified atom stereocenters. The van der Waals surface area contributed by atoms with Gasteiger partial charge in [0.05, 0.1) is 0 Å². The Morgan fingerprint density at radius 2 is 1.33 bits per heavy atom. The van der Waals surface area contributed by atoms with Crippen LogP contribution in [0.3, 0.4) is 0 Å². The summed E-state index contributed by atoms with van der Waals surface area (Å²) in [5.41, 5.74) is -1.58. The van der Waals surface area contributed by atoms with Crippen LogP contribution in [-0.2, 0) is 9.59 Å².